The molecule has 16 heavy (non-hydrogen) atoms. The van der Waals surface area contributed by atoms with Crippen LogP contribution in [0.3, 0.4) is 0 Å². The van der Waals surface area contributed by atoms with Crippen LogP contribution in [0.2, 0.25) is 0 Å². The van der Waals surface area contributed by atoms with E-state index >= 15 is 0 Å². The number of hydrogen-bond acceptors (Lipinski definition) is 2. The third-order valence-electron chi connectivity index (χ3n) is 1.97. The van der Waals surface area contributed by atoms with Crippen molar-refractivity contribution in [1.82, 2.24) is 5.32 Å². The maximum absolute atomic E-state index is 11.2. The molecule has 5 heteroatoms. The topological polar surface area (TPSA) is 41.1 Å². The molecule has 3 nitrogen and oxygen atoms in total. The zero-order valence-electron chi connectivity index (χ0n) is 9.23. The van der Waals surface area contributed by atoms with Crippen LogP contribution in [0, 0.1) is 0 Å². The third kappa shape index (κ3) is 5.23. The first-order valence-electron chi connectivity index (χ1n) is 5.17. The van der Waals surface area contributed by atoms with E-state index in [-0.39, 0.29) is 0 Å². The minimum absolute atomic E-state index is 0.569. The van der Waals surface area contributed by atoms with Crippen LogP contribution in [0.1, 0.15) is 6.92 Å². The zero-order valence-corrected chi connectivity index (χ0v) is 10.9. The quantitative estimate of drug-likeness (QED) is 0.788. The van der Waals surface area contributed by atoms with Crippen molar-refractivity contribution in [3.63, 3.8) is 0 Å². The molecule has 1 unspecified atom stereocenters. The van der Waals surface area contributed by atoms with Crippen molar-refractivity contribution < 1.29 is 4.21 Å². The van der Waals surface area contributed by atoms with Gasteiger partial charge in [-0.15, -0.1) is 0 Å². The first-order valence-corrected chi connectivity index (χ1v) is 7.07. The maximum Gasteiger partial charge on any atom is 0.170 e. The second-order valence-corrected chi connectivity index (χ2v) is 5.45. The fourth-order valence-corrected chi connectivity index (χ4v) is 1.96. The average molecular weight is 256 g/mol. The van der Waals surface area contributed by atoms with Gasteiger partial charge in [0.1, 0.15) is 0 Å². The minimum atomic E-state index is -0.740. The Labute approximate surface area is 104 Å². The number of rotatable bonds is 5. The molecule has 0 saturated carbocycles. The summed E-state index contributed by atoms with van der Waals surface area (Å²) >= 11 is 5.10. The summed E-state index contributed by atoms with van der Waals surface area (Å²) < 4.78 is 11.2. The molecule has 1 rings (SSSR count). The Bertz CT molecular complexity index is 354. The van der Waals surface area contributed by atoms with Gasteiger partial charge in [0.05, 0.1) is 0 Å². The molecular formula is C11H16N2OS2. The van der Waals surface area contributed by atoms with Gasteiger partial charge >= 0.3 is 0 Å². The number of hydrogen-bond donors (Lipinski definition) is 2. The van der Waals surface area contributed by atoms with Crippen molar-refractivity contribution in [1.29, 1.82) is 0 Å². The van der Waals surface area contributed by atoms with Gasteiger partial charge in [-0.1, -0.05) is 25.1 Å². The van der Waals surface area contributed by atoms with Gasteiger partial charge in [0, 0.05) is 34.5 Å². The van der Waals surface area contributed by atoms with Crippen molar-refractivity contribution in [3.8, 4) is 0 Å². The number of anilines is 1. The van der Waals surface area contributed by atoms with E-state index in [4.69, 9.17) is 12.2 Å². The van der Waals surface area contributed by atoms with Crippen LogP contribution >= 0.6 is 12.2 Å². The lowest BCUT2D eigenvalue weighted by molar-refractivity contribution is 0.682. The van der Waals surface area contributed by atoms with Gasteiger partial charge in [0.25, 0.3) is 0 Å². The Hall–Kier alpha value is -0.940. The molecular weight excluding hydrogens is 240 g/mol. The van der Waals surface area contributed by atoms with Crippen LogP contribution in [0.5, 0.6) is 0 Å². The van der Waals surface area contributed by atoms with Gasteiger partial charge in [0.15, 0.2) is 5.11 Å². The van der Waals surface area contributed by atoms with E-state index in [9.17, 15) is 4.21 Å². The zero-order chi connectivity index (χ0) is 11.8. The fraction of sp³-hybridized carbons (Fsp3) is 0.364. The normalized spacial score (nSPS) is 11.8. The van der Waals surface area contributed by atoms with Gasteiger partial charge < -0.3 is 10.6 Å². The largest absolute Gasteiger partial charge is 0.362 e. The summed E-state index contributed by atoms with van der Waals surface area (Å²) in [7, 11) is -0.740. The van der Waals surface area contributed by atoms with E-state index in [0.29, 0.717) is 23.2 Å². The predicted molar refractivity (Wildman–Crippen MR) is 74.2 cm³/mol. The molecule has 1 aromatic rings. The van der Waals surface area contributed by atoms with Gasteiger partial charge in [-0.25, -0.2) is 0 Å². The van der Waals surface area contributed by atoms with E-state index in [1.165, 1.54) is 0 Å². The molecule has 0 radical (unpaired) electrons. The smallest absolute Gasteiger partial charge is 0.170 e. The lowest BCUT2D eigenvalue weighted by Crippen LogP contribution is -2.31. The minimum Gasteiger partial charge on any atom is -0.362 e. The van der Waals surface area contributed by atoms with Gasteiger partial charge in [-0.3, -0.25) is 4.21 Å². The Kier molecular flexibility index (Phi) is 6.03. The van der Waals surface area contributed by atoms with Crippen LogP contribution in [-0.2, 0) is 10.8 Å². The monoisotopic (exact) mass is 256 g/mol. The van der Waals surface area contributed by atoms with Crippen LogP contribution in [0.25, 0.3) is 0 Å². The molecule has 0 aliphatic carbocycles. The van der Waals surface area contributed by atoms with Gasteiger partial charge in [-0.05, 0) is 24.4 Å². The Morgan fingerprint density at radius 2 is 2.06 bits per heavy atom. The molecule has 0 aromatic heterocycles. The number of benzene rings is 1. The van der Waals surface area contributed by atoms with E-state index in [2.05, 4.69) is 10.6 Å². The first-order chi connectivity index (χ1) is 7.72. The molecule has 0 amide bonds. The summed E-state index contributed by atoms with van der Waals surface area (Å²) in [5.41, 5.74) is 0.955. The molecule has 1 atom stereocenters. The van der Waals surface area contributed by atoms with Crippen LogP contribution in [0.15, 0.2) is 30.3 Å². The Morgan fingerprint density at radius 3 is 2.69 bits per heavy atom. The lowest BCUT2D eigenvalue weighted by atomic mass is 10.3. The second-order valence-electron chi connectivity index (χ2n) is 3.18. The van der Waals surface area contributed by atoms with E-state index < -0.39 is 10.8 Å². The summed E-state index contributed by atoms with van der Waals surface area (Å²) in [6.45, 7) is 2.55. The standard InChI is InChI=1S/C11H16N2OS2/c1-2-16(14)9-8-12-11(15)13-10-6-4-3-5-7-10/h3-7H,2,8-9H2,1H3,(H2,12,13,15). The second kappa shape index (κ2) is 7.35. The molecule has 88 valence electrons. The number of nitrogens with one attached hydrogen (secondary N) is 2. The molecule has 1 aromatic carbocycles. The first kappa shape index (κ1) is 13.1. The molecule has 0 bridgehead atoms. The van der Waals surface area contributed by atoms with Crippen molar-refractivity contribution in [3.05, 3.63) is 30.3 Å². The maximum atomic E-state index is 11.2. The van der Waals surface area contributed by atoms with Gasteiger partial charge in [0.2, 0.25) is 0 Å². The fourth-order valence-electron chi connectivity index (χ4n) is 1.12. The molecule has 0 fully saturated rings. The molecule has 2 N–H and O–H groups in total. The Morgan fingerprint density at radius 1 is 1.38 bits per heavy atom. The molecule has 0 saturated heterocycles. The SMILES string of the molecule is CCS(=O)CCNC(=S)Nc1ccccc1. The highest BCUT2D eigenvalue weighted by Crippen LogP contribution is 2.03. The van der Waals surface area contributed by atoms with E-state index in [1.807, 2.05) is 37.3 Å². The summed E-state index contributed by atoms with van der Waals surface area (Å²) in [6, 6.07) is 9.72. The number of thiocarbonyl (C=S) groups is 1. The Balaban J connectivity index is 2.24. The molecule has 0 heterocycles. The van der Waals surface area contributed by atoms with Crippen LogP contribution in [-0.4, -0.2) is 27.4 Å². The number of para-hydroxylation sites is 1. The highest BCUT2D eigenvalue weighted by molar-refractivity contribution is 7.85. The average Bonchev–Trinajstić information content (AvgIpc) is 2.30. The van der Waals surface area contributed by atoms with Crippen molar-refractivity contribution >= 4 is 33.8 Å². The predicted octanol–water partition coefficient (Wildman–Crippen LogP) is 1.74. The summed E-state index contributed by atoms with van der Waals surface area (Å²) in [6.07, 6.45) is 0. The summed E-state index contributed by atoms with van der Waals surface area (Å²) in [4.78, 5) is 0. The van der Waals surface area contributed by atoms with Crippen LogP contribution < -0.4 is 10.6 Å². The van der Waals surface area contributed by atoms with Crippen molar-refractivity contribution in [2.45, 2.75) is 6.92 Å². The van der Waals surface area contributed by atoms with E-state index in [0.717, 1.165) is 5.69 Å². The van der Waals surface area contributed by atoms with E-state index in [1.54, 1.807) is 0 Å². The highest BCUT2D eigenvalue weighted by atomic mass is 32.2. The molecule has 0 aliphatic heterocycles. The van der Waals surface area contributed by atoms with Crippen molar-refractivity contribution in [2.24, 2.45) is 0 Å². The summed E-state index contributed by atoms with van der Waals surface area (Å²) in [5, 5.41) is 6.65. The lowest BCUT2D eigenvalue weighted by Gasteiger charge is -2.09. The molecule has 0 spiro atoms. The molecule has 0 aliphatic rings. The summed E-state index contributed by atoms with van der Waals surface area (Å²) in [5.74, 6) is 1.33. The highest BCUT2D eigenvalue weighted by Gasteiger charge is 1.98. The third-order valence-corrected chi connectivity index (χ3v) is 3.52. The van der Waals surface area contributed by atoms with Crippen LogP contribution in [0.4, 0.5) is 5.69 Å². The van der Waals surface area contributed by atoms with Gasteiger partial charge in [-0.2, -0.15) is 0 Å². The van der Waals surface area contributed by atoms with Crippen molar-refractivity contribution in [2.75, 3.05) is 23.4 Å².